The SMILES string of the molecule is O=C(C[C@H]1CC[C@H]2[C@@H](COC[C@H](O)CN2Cc2ccccc2F)O1)NCc1ccccc1F. The Morgan fingerprint density at radius 2 is 1.73 bits per heavy atom. The Hall–Kier alpha value is -2.39. The molecule has 2 saturated heterocycles. The summed E-state index contributed by atoms with van der Waals surface area (Å²) in [6.07, 6.45) is 0.323. The van der Waals surface area contributed by atoms with Crippen molar-refractivity contribution < 1.29 is 28.2 Å². The average molecular weight is 461 g/mol. The van der Waals surface area contributed by atoms with Crippen molar-refractivity contribution in [2.24, 2.45) is 0 Å². The molecule has 2 aliphatic heterocycles. The number of carbonyl (C=O) groups excluding carboxylic acids is 1. The fourth-order valence-electron chi connectivity index (χ4n) is 4.59. The number of β-amino-alcohol motifs (C(OH)–C–C–N with tert-alkyl or cyclic N) is 1. The van der Waals surface area contributed by atoms with Gasteiger partial charge in [0.15, 0.2) is 0 Å². The third-order valence-corrected chi connectivity index (χ3v) is 6.27. The maximum atomic E-state index is 14.3. The number of rotatable bonds is 6. The summed E-state index contributed by atoms with van der Waals surface area (Å²) in [5.74, 6) is -0.826. The number of hydrogen-bond acceptors (Lipinski definition) is 5. The third-order valence-electron chi connectivity index (χ3n) is 6.27. The van der Waals surface area contributed by atoms with E-state index in [9.17, 15) is 18.7 Å². The van der Waals surface area contributed by atoms with Crippen molar-refractivity contribution in [2.75, 3.05) is 19.8 Å². The molecule has 2 aromatic carbocycles. The molecule has 0 aromatic heterocycles. The fraction of sp³-hybridized carbons (Fsp3) is 0.480. The van der Waals surface area contributed by atoms with Crippen LogP contribution in [0.15, 0.2) is 48.5 Å². The van der Waals surface area contributed by atoms with Crippen molar-refractivity contribution in [3.8, 4) is 0 Å². The number of hydrogen-bond donors (Lipinski definition) is 2. The van der Waals surface area contributed by atoms with Gasteiger partial charge in [-0.15, -0.1) is 0 Å². The lowest BCUT2D eigenvalue weighted by Crippen LogP contribution is -2.55. The summed E-state index contributed by atoms with van der Waals surface area (Å²) < 4.78 is 39.9. The minimum Gasteiger partial charge on any atom is -0.389 e. The van der Waals surface area contributed by atoms with Crippen LogP contribution in [0.1, 0.15) is 30.4 Å². The topological polar surface area (TPSA) is 71.0 Å². The van der Waals surface area contributed by atoms with Crippen LogP contribution in [-0.4, -0.2) is 60.0 Å². The quantitative estimate of drug-likeness (QED) is 0.694. The molecule has 2 aliphatic rings. The molecule has 0 bridgehead atoms. The fourth-order valence-corrected chi connectivity index (χ4v) is 4.59. The van der Waals surface area contributed by atoms with Crippen LogP contribution in [0, 0.1) is 11.6 Å². The Labute approximate surface area is 192 Å². The Morgan fingerprint density at radius 3 is 2.45 bits per heavy atom. The van der Waals surface area contributed by atoms with Gasteiger partial charge in [0.25, 0.3) is 0 Å². The molecular weight excluding hydrogens is 430 g/mol. The Kier molecular flexibility index (Phi) is 8.03. The number of aliphatic hydroxyl groups excluding tert-OH is 1. The molecule has 2 fully saturated rings. The van der Waals surface area contributed by atoms with Crippen molar-refractivity contribution >= 4 is 5.91 Å². The van der Waals surface area contributed by atoms with Crippen LogP contribution in [0.4, 0.5) is 8.78 Å². The zero-order chi connectivity index (χ0) is 23.2. The molecule has 1 amide bonds. The van der Waals surface area contributed by atoms with Gasteiger partial charge in [-0.2, -0.15) is 0 Å². The van der Waals surface area contributed by atoms with Crippen LogP contribution in [0.2, 0.25) is 0 Å². The highest BCUT2D eigenvalue weighted by Crippen LogP contribution is 2.29. The van der Waals surface area contributed by atoms with E-state index in [-0.39, 0.29) is 55.4 Å². The predicted molar refractivity (Wildman–Crippen MR) is 118 cm³/mol. The molecule has 4 atom stereocenters. The van der Waals surface area contributed by atoms with Gasteiger partial charge in [-0.05, 0) is 25.0 Å². The van der Waals surface area contributed by atoms with E-state index in [0.29, 0.717) is 37.2 Å². The van der Waals surface area contributed by atoms with Crippen molar-refractivity contribution in [3.63, 3.8) is 0 Å². The second-order valence-electron chi connectivity index (χ2n) is 8.73. The molecule has 6 nitrogen and oxygen atoms in total. The van der Waals surface area contributed by atoms with Crippen LogP contribution in [0.25, 0.3) is 0 Å². The summed E-state index contributed by atoms with van der Waals surface area (Å²) in [6, 6.07) is 12.9. The summed E-state index contributed by atoms with van der Waals surface area (Å²) in [7, 11) is 0. The molecule has 0 spiro atoms. The predicted octanol–water partition coefficient (Wildman–Crippen LogP) is 2.78. The minimum atomic E-state index is -0.667. The van der Waals surface area contributed by atoms with E-state index >= 15 is 0 Å². The number of benzene rings is 2. The van der Waals surface area contributed by atoms with E-state index < -0.39 is 6.10 Å². The number of aliphatic hydroxyl groups is 1. The van der Waals surface area contributed by atoms with E-state index in [0.717, 1.165) is 6.42 Å². The second-order valence-corrected chi connectivity index (χ2v) is 8.73. The van der Waals surface area contributed by atoms with Gasteiger partial charge in [0.1, 0.15) is 11.6 Å². The molecule has 0 unspecified atom stereocenters. The largest absolute Gasteiger partial charge is 0.389 e. The average Bonchev–Trinajstić information content (AvgIpc) is 2.79. The summed E-state index contributed by atoms with van der Waals surface area (Å²) in [5, 5.41) is 13.0. The summed E-state index contributed by atoms with van der Waals surface area (Å²) >= 11 is 0. The van der Waals surface area contributed by atoms with Gasteiger partial charge in [0.05, 0.1) is 37.9 Å². The van der Waals surface area contributed by atoms with Gasteiger partial charge in [-0.1, -0.05) is 36.4 Å². The van der Waals surface area contributed by atoms with Gasteiger partial charge in [0.2, 0.25) is 5.91 Å². The monoisotopic (exact) mass is 460 g/mol. The highest BCUT2D eigenvalue weighted by atomic mass is 19.1. The Balaban J connectivity index is 1.36. The molecule has 2 aromatic rings. The number of halogens is 2. The lowest BCUT2D eigenvalue weighted by Gasteiger charge is -2.44. The Bertz CT molecular complexity index is 944. The van der Waals surface area contributed by atoms with Crippen LogP contribution in [-0.2, 0) is 27.4 Å². The maximum absolute atomic E-state index is 14.3. The first-order valence-electron chi connectivity index (χ1n) is 11.4. The molecule has 0 saturated carbocycles. The smallest absolute Gasteiger partial charge is 0.222 e. The van der Waals surface area contributed by atoms with Gasteiger partial charge in [0, 0.05) is 36.8 Å². The Morgan fingerprint density at radius 1 is 1.03 bits per heavy atom. The number of carbonyl (C=O) groups is 1. The normalized spacial score (nSPS) is 26.2. The van der Waals surface area contributed by atoms with Crippen LogP contribution >= 0.6 is 0 Å². The molecule has 2 N–H and O–H groups in total. The van der Waals surface area contributed by atoms with Gasteiger partial charge < -0.3 is 19.9 Å². The molecule has 4 rings (SSSR count). The number of ether oxygens (including phenoxy) is 2. The number of nitrogens with zero attached hydrogens (tertiary/aromatic N) is 1. The van der Waals surface area contributed by atoms with Crippen molar-refractivity contribution in [1.82, 2.24) is 10.2 Å². The zero-order valence-corrected chi connectivity index (χ0v) is 18.5. The number of nitrogens with one attached hydrogen (secondary N) is 1. The lowest BCUT2D eigenvalue weighted by molar-refractivity contribution is -0.158. The molecule has 8 heteroatoms. The molecule has 33 heavy (non-hydrogen) atoms. The maximum Gasteiger partial charge on any atom is 0.222 e. The van der Waals surface area contributed by atoms with E-state index in [1.54, 1.807) is 36.4 Å². The molecule has 0 aliphatic carbocycles. The summed E-state index contributed by atoms with van der Waals surface area (Å²) in [4.78, 5) is 14.5. The second kappa shape index (κ2) is 11.2. The van der Waals surface area contributed by atoms with Gasteiger partial charge in [-0.25, -0.2) is 8.78 Å². The summed E-state index contributed by atoms with van der Waals surface area (Å²) in [6.45, 7) is 1.31. The van der Waals surface area contributed by atoms with Gasteiger partial charge >= 0.3 is 0 Å². The minimum absolute atomic E-state index is 0.0581. The standard InChI is InChI=1S/C25H30F2N2O4/c26-21-7-3-1-5-17(21)12-28-25(31)11-20-9-10-23-24(33-20)16-32-15-19(30)14-29(23)13-18-6-2-4-8-22(18)27/h1-8,19-20,23-24,30H,9-16H2,(H,28,31)/t19-,20-,23+,24-/m1/s1. The highest BCUT2D eigenvalue weighted by molar-refractivity contribution is 5.76. The van der Waals surface area contributed by atoms with E-state index in [1.165, 1.54) is 12.1 Å². The first-order chi connectivity index (χ1) is 16.0. The molecule has 0 radical (unpaired) electrons. The third kappa shape index (κ3) is 6.35. The molecule has 178 valence electrons. The summed E-state index contributed by atoms with van der Waals surface area (Å²) in [5.41, 5.74) is 1.01. The van der Waals surface area contributed by atoms with E-state index in [2.05, 4.69) is 10.2 Å². The van der Waals surface area contributed by atoms with Crippen molar-refractivity contribution in [2.45, 2.75) is 56.7 Å². The highest BCUT2D eigenvalue weighted by Gasteiger charge is 2.38. The zero-order valence-electron chi connectivity index (χ0n) is 18.5. The number of fused-ring (bicyclic) bond motifs is 1. The first-order valence-corrected chi connectivity index (χ1v) is 11.4. The lowest BCUT2D eigenvalue weighted by atomic mass is 9.94. The van der Waals surface area contributed by atoms with Crippen LogP contribution < -0.4 is 5.32 Å². The van der Waals surface area contributed by atoms with E-state index in [1.807, 2.05) is 0 Å². The van der Waals surface area contributed by atoms with Crippen LogP contribution in [0.5, 0.6) is 0 Å². The first kappa shape index (κ1) is 23.8. The van der Waals surface area contributed by atoms with E-state index in [4.69, 9.17) is 9.47 Å². The molecular formula is C25H30F2N2O4. The molecule has 2 heterocycles. The van der Waals surface area contributed by atoms with Crippen LogP contribution in [0.3, 0.4) is 0 Å². The van der Waals surface area contributed by atoms with Crippen molar-refractivity contribution in [1.29, 1.82) is 0 Å². The van der Waals surface area contributed by atoms with Gasteiger partial charge in [-0.3, -0.25) is 9.69 Å². The number of amides is 1. The van der Waals surface area contributed by atoms with Crippen molar-refractivity contribution in [3.05, 3.63) is 71.3 Å².